The molecule has 1 aliphatic rings. The van der Waals surface area contributed by atoms with E-state index in [1.807, 2.05) is 0 Å². The predicted molar refractivity (Wildman–Crippen MR) is 83.2 cm³/mol. The number of hydrogen-bond acceptors (Lipinski definition) is 9. The van der Waals surface area contributed by atoms with Crippen molar-refractivity contribution in [2.45, 2.75) is 24.5 Å². The summed E-state index contributed by atoms with van der Waals surface area (Å²) in [4.78, 5) is 40.7. The number of nitrogens with one attached hydrogen (secondary N) is 1. The molecule has 1 saturated heterocycles. The van der Waals surface area contributed by atoms with Crippen LogP contribution >= 0.6 is 6.72 Å². The van der Waals surface area contributed by atoms with Gasteiger partial charge in [-0.2, -0.15) is 4.98 Å². The summed E-state index contributed by atoms with van der Waals surface area (Å²) < 4.78 is 11.6. The zero-order valence-electron chi connectivity index (χ0n) is 11.9. The molecule has 3 rings (SSSR count). The fraction of sp³-hybridized carbons (Fsp3) is 0.500. The van der Waals surface area contributed by atoms with Crippen LogP contribution in [0.1, 0.15) is 6.23 Å². The van der Waals surface area contributed by atoms with Crippen molar-refractivity contribution in [3.05, 3.63) is 16.7 Å². The number of nitrogen functional groups attached to an aromatic ring is 1. The largest absolute Gasteiger partial charge is 0.394 e. The SMILES string of the molecule is Nc1nc2c(ncn2[C@@H]2O[C@H](CO)[C@@H](O)[C@H]2OP(O)(O)=S)c(=O)[nH]1. The molecular weight excluding hydrogens is 365 g/mol. The van der Waals surface area contributed by atoms with E-state index < -0.39 is 43.4 Å². The average Bonchev–Trinajstić information content (AvgIpc) is 3.00. The Morgan fingerprint density at radius 3 is 2.88 bits per heavy atom. The molecule has 0 amide bonds. The Bertz CT molecular complexity index is 865. The summed E-state index contributed by atoms with van der Waals surface area (Å²) >= 11 is 4.42. The molecule has 0 saturated carbocycles. The van der Waals surface area contributed by atoms with Crippen molar-refractivity contribution in [2.24, 2.45) is 0 Å². The maximum absolute atomic E-state index is 11.8. The summed E-state index contributed by atoms with van der Waals surface area (Å²) in [5.41, 5.74) is 4.92. The molecule has 1 aliphatic heterocycles. The lowest BCUT2D eigenvalue weighted by Gasteiger charge is -2.23. The lowest BCUT2D eigenvalue weighted by Crippen LogP contribution is -2.34. The van der Waals surface area contributed by atoms with Crippen molar-refractivity contribution in [1.29, 1.82) is 0 Å². The molecule has 2 aromatic rings. The molecule has 0 aromatic carbocycles. The molecule has 3 heterocycles. The Labute approximate surface area is 138 Å². The number of aromatic amines is 1. The topological polar surface area (TPSA) is 189 Å². The highest BCUT2D eigenvalue weighted by Crippen LogP contribution is 2.45. The molecule has 2 aromatic heterocycles. The minimum absolute atomic E-state index is 0.0322. The number of aliphatic hydroxyl groups is 2. The Morgan fingerprint density at radius 1 is 1.54 bits per heavy atom. The number of aromatic nitrogens is 4. The van der Waals surface area contributed by atoms with E-state index in [9.17, 15) is 24.8 Å². The van der Waals surface area contributed by atoms with Crippen LogP contribution in [0.2, 0.25) is 0 Å². The van der Waals surface area contributed by atoms with Gasteiger partial charge < -0.3 is 30.5 Å². The first kappa shape index (κ1) is 17.4. The minimum Gasteiger partial charge on any atom is -0.394 e. The monoisotopic (exact) mass is 379 g/mol. The third-order valence-electron chi connectivity index (χ3n) is 3.48. The summed E-state index contributed by atoms with van der Waals surface area (Å²) in [6, 6.07) is 0. The highest BCUT2D eigenvalue weighted by molar-refractivity contribution is 8.06. The highest BCUT2D eigenvalue weighted by atomic mass is 32.5. The maximum atomic E-state index is 11.8. The molecule has 12 nitrogen and oxygen atoms in total. The Hall–Kier alpha value is -1.44. The van der Waals surface area contributed by atoms with Gasteiger partial charge >= 0.3 is 6.72 Å². The average molecular weight is 379 g/mol. The van der Waals surface area contributed by atoms with Gasteiger partial charge in [-0.1, -0.05) is 0 Å². The Balaban J connectivity index is 2.09. The van der Waals surface area contributed by atoms with Crippen molar-refractivity contribution in [1.82, 2.24) is 19.5 Å². The first-order valence-corrected chi connectivity index (χ1v) is 9.24. The van der Waals surface area contributed by atoms with Crippen molar-refractivity contribution in [3.63, 3.8) is 0 Å². The number of nitrogens with zero attached hydrogens (tertiary/aromatic N) is 3. The second kappa shape index (κ2) is 6.13. The van der Waals surface area contributed by atoms with Gasteiger partial charge in [0.1, 0.15) is 18.3 Å². The van der Waals surface area contributed by atoms with Crippen LogP contribution in [0.15, 0.2) is 11.1 Å². The smallest absolute Gasteiger partial charge is 0.322 e. The number of rotatable bonds is 4. The van der Waals surface area contributed by atoms with E-state index in [1.165, 1.54) is 10.9 Å². The number of fused-ring (bicyclic) bond motifs is 1. The Morgan fingerprint density at radius 2 is 2.25 bits per heavy atom. The number of hydrogen-bond donors (Lipinski definition) is 6. The summed E-state index contributed by atoms with van der Waals surface area (Å²) in [6.07, 6.45) is -3.78. The van der Waals surface area contributed by atoms with Gasteiger partial charge in [-0.3, -0.25) is 18.9 Å². The number of anilines is 1. The van der Waals surface area contributed by atoms with E-state index in [0.29, 0.717) is 0 Å². The summed E-state index contributed by atoms with van der Waals surface area (Å²) in [7, 11) is 0. The van der Waals surface area contributed by atoms with Gasteiger partial charge in [0.05, 0.1) is 12.9 Å². The fourth-order valence-corrected chi connectivity index (χ4v) is 3.34. The molecule has 7 N–H and O–H groups in total. The van der Waals surface area contributed by atoms with Gasteiger partial charge in [0, 0.05) is 0 Å². The van der Waals surface area contributed by atoms with E-state index in [2.05, 4.69) is 26.8 Å². The number of H-pyrrole nitrogens is 1. The van der Waals surface area contributed by atoms with Crippen LogP contribution in [0.3, 0.4) is 0 Å². The molecule has 14 heteroatoms. The lowest BCUT2D eigenvalue weighted by atomic mass is 10.1. The van der Waals surface area contributed by atoms with E-state index in [1.54, 1.807) is 0 Å². The van der Waals surface area contributed by atoms with Crippen molar-refractivity contribution < 1.29 is 29.3 Å². The van der Waals surface area contributed by atoms with E-state index in [4.69, 9.17) is 15.0 Å². The lowest BCUT2D eigenvalue weighted by molar-refractivity contribution is -0.0494. The van der Waals surface area contributed by atoms with Crippen LogP contribution in [0.25, 0.3) is 11.2 Å². The van der Waals surface area contributed by atoms with Gasteiger partial charge in [0.2, 0.25) is 5.95 Å². The Kier molecular flexibility index (Phi) is 4.44. The third-order valence-corrected chi connectivity index (χ3v) is 4.25. The molecule has 0 unspecified atom stereocenters. The van der Waals surface area contributed by atoms with Crippen molar-refractivity contribution in [2.75, 3.05) is 12.3 Å². The van der Waals surface area contributed by atoms with E-state index in [-0.39, 0.29) is 17.1 Å². The van der Waals surface area contributed by atoms with Crippen molar-refractivity contribution >= 4 is 35.6 Å². The van der Waals surface area contributed by atoms with Crippen LogP contribution in [0, 0.1) is 0 Å². The minimum atomic E-state index is -4.14. The summed E-state index contributed by atoms with van der Waals surface area (Å²) in [5, 5.41) is 19.4. The molecule has 0 radical (unpaired) electrons. The zero-order chi connectivity index (χ0) is 17.6. The van der Waals surface area contributed by atoms with Crippen LogP contribution in [0.5, 0.6) is 0 Å². The molecule has 1 fully saturated rings. The molecule has 132 valence electrons. The molecule has 0 aliphatic carbocycles. The number of ether oxygens (including phenoxy) is 1. The number of imidazole rings is 1. The first-order valence-electron chi connectivity index (χ1n) is 6.62. The molecule has 0 bridgehead atoms. The summed E-state index contributed by atoms with van der Waals surface area (Å²) in [6.45, 7) is -4.70. The van der Waals surface area contributed by atoms with Gasteiger partial charge in [-0.15, -0.1) is 0 Å². The predicted octanol–water partition coefficient (Wildman–Crippen LogP) is -2.45. The van der Waals surface area contributed by atoms with E-state index >= 15 is 0 Å². The third kappa shape index (κ3) is 3.08. The van der Waals surface area contributed by atoms with Crippen LogP contribution in [-0.4, -0.2) is 64.4 Å². The van der Waals surface area contributed by atoms with Gasteiger partial charge in [-0.05, 0) is 11.8 Å². The molecule has 24 heavy (non-hydrogen) atoms. The van der Waals surface area contributed by atoms with Crippen LogP contribution < -0.4 is 11.3 Å². The zero-order valence-corrected chi connectivity index (χ0v) is 13.6. The standard InChI is InChI=1S/C10H14N5O7PS/c11-10-13-7-4(8(18)14-10)12-2-15(7)9-6(22-23(19,20)24)5(17)3(1-16)21-9/h2-3,5-6,9,16-17H,1H2,(H2,19,20,24)(H3,11,13,14,18)/t3-,5-,6-,9-/m1/s1. The number of aliphatic hydroxyl groups excluding tert-OH is 2. The quantitative estimate of drug-likeness (QED) is 0.309. The highest BCUT2D eigenvalue weighted by Gasteiger charge is 2.47. The van der Waals surface area contributed by atoms with Crippen LogP contribution in [-0.2, 0) is 21.1 Å². The molecule has 0 spiro atoms. The number of nitrogens with two attached hydrogens (primary N) is 1. The first-order chi connectivity index (χ1) is 11.2. The van der Waals surface area contributed by atoms with Gasteiger partial charge in [0.25, 0.3) is 5.56 Å². The fourth-order valence-electron chi connectivity index (χ4n) is 2.49. The van der Waals surface area contributed by atoms with Gasteiger partial charge in [0.15, 0.2) is 17.4 Å². The molecule has 4 atom stereocenters. The second-order valence-corrected chi connectivity index (χ2v) is 7.69. The van der Waals surface area contributed by atoms with Crippen molar-refractivity contribution in [3.8, 4) is 0 Å². The summed E-state index contributed by atoms with van der Waals surface area (Å²) in [5.74, 6) is -0.168. The van der Waals surface area contributed by atoms with Crippen LogP contribution in [0.4, 0.5) is 5.95 Å². The van der Waals surface area contributed by atoms with E-state index in [0.717, 1.165) is 0 Å². The second-order valence-electron chi connectivity index (χ2n) is 5.07. The van der Waals surface area contributed by atoms with Gasteiger partial charge in [-0.25, -0.2) is 4.98 Å². The normalized spacial score (nSPS) is 27.8. The maximum Gasteiger partial charge on any atom is 0.322 e. The molecular formula is C10H14N5O7PS.